The van der Waals surface area contributed by atoms with E-state index in [-0.39, 0.29) is 35.5 Å². The molecule has 1 atom stereocenters. The van der Waals surface area contributed by atoms with Gasteiger partial charge in [-0.05, 0) is 43.9 Å². The highest BCUT2D eigenvalue weighted by atomic mass is 35.5. The molecule has 12 heteroatoms. The summed E-state index contributed by atoms with van der Waals surface area (Å²) in [5.41, 5.74) is -0.207. The molecular weight excluding hydrogens is 510 g/mol. The van der Waals surface area contributed by atoms with Crippen LogP contribution in [-0.2, 0) is 19.9 Å². The van der Waals surface area contributed by atoms with Crippen LogP contribution in [0.4, 0.5) is 14.5 Å². The third-order valence-corrected chi connectivity index (χ3v) is 6.77. The molecule has 1 aromatic carbocycles. The number of likely N-dealkylation sites (tertiary alicyclic amines) is 1. The van der Waals surface area contributed by atoms with E-state index < -0.39 is 29.9 Å². The van der Waals surface area contributed by atoms with Crippen LogP contribution in [0.1, 0.15) is 45.2 Å². The molecule has 0 spiro atoms. The highest BCUT2D eigenvalue weighted by molar-refractivity contribution is 6.30. The fourth-order valence-corrected chi connectivity index (χ4v) is 4.72. The van der Waals surface area contributed by atoms with Gasteiger partial charge in [0.15, 0.2) is 5.75 Å². The highest BCUT2D eigenvalue weighted by Gasteiger charge is 2.46. The summed E-state index contributed by atoms with van der Waals surface area (Å²) in [5.74, 6) is -2.23. The number of ether oxygens (including phenoxy) is 2. The van der Waals surface area contributed by atoms with Gasteiger partial charge in [0.25, 0.3) is 5.91 Å². The van der Waals surface area contributed by atoms with Gasteiger partial charge in [0, 0.05) is 49.2 Å². The van der Waals surface area contributed by atoms with Crippen molar-refractivity contribution < 1.29 is 33.0 Å². The topological polar surface area (TPSA) is 106 Å². The van der Waals surface area contributed by atoms with Gasteiger partial charge in [-0.3, -0.25) is 14.3 Å². The first-order chi connectivity index (χ1) is 17.6. The lowest BCUT2D eigenvalue weighted by atomic mass is 9.85. The zero-order valence-electron chi connectivity index (χ0n) is 21.1. The Labute approximate surface area is 219 Å². The number of anilines is 1. The van der Waals surface area contributed by atoms with Crippen LogP contribution < -0.4 is 10.1 Å². The third-order valence-electron chi connectivity index (χ3n) is 6.53. The number of nitrogens with zero attached hydrogens (tertiary/aromatic N) is 3. The monoisotopic (exact) mass is 542 g/mol. The second kappa shape index (κ2) is 12.7. The summed E-state index contributed by atoms with van der Waals surface area (Å²) in [6, 6.07) is 5.96. The number of benzene rings is 1. The Balaban J connectivity index is 1.89. The molecule has 2 N–H and O–H groups in total. The van der Waals surface area contributed by atoms with Gasteiger partial charge in [-0.25, -0.2) is 0 Å². The normalized spacial score (nSPS) is 16.6. The first kappa shape index (κ1) is 28.8. The first-order valence-corrected chi connectivity index (χ1v) is 12.6. The van der Waals surface area contributed by atoms with Crippen molar-refractivity contribution in [2.45, 2.75) is 51.7 Å². The Hall–Kier alpha value is -2.76. The van der Waals surface area contributed by atoms with Gasteiger partial charge in [-0.2, -0.15) is 13.9 Å². The molecule has 2 heterocycles. The van der Waals surface area contributed by atoms with E-state index in [1.54, 1.807) is 10.9 Å². The van der Waals surface area contributed by atoms with E-state index in [2.05, 4.69) is 15.2 Å². The van der Waals surface area contributed by atoms with Crippen molar-refractivity contribution in [2.24, 2.45) is 5.92 Å². The van der Waals surface area contributed by atoms with Crippen LogP contribution >= 0.6 is 11.6 Å². The first-order valence-electron chi connectivity index (χ1n) is 12.2. The molecule has 9 nitrogen and oxygen atoms in total. The number of halogens is 3. The van der Waals surface area contributed by atoms with Crippen molar-refractivity contribution in [3.8, 4) is 5.75 Å². The SMILES string of the molecule is CCOCC(CN1CCC(C(=O)Nc2ccc(Cl)cc2OC(F)F)(n2nccc2C(C)C)CC1)C(=O)O. The van der Waals surface area contributed by atoms with E-state index in [1.807, 2.05) is 31.7 Å². The number of hydrogen-bond acceptors (Lipinski definition) is 6. The van der Waals surface area contributed by atoms with Gasteiger partial charge < -0.3 is 24.8 Å². The Kier molecular flexibility index (Phi) is 9.86. The molecule has 1 unspecified atom stereocenters. The van der Waals surface area contributed by atoms with Crippen molar-refractivity contribution in [1.82, 2.24) is 14.7 Å². The minimum absolute atomic E-state index is 0.0670. The Morgan fingerprint density at radius 1 is 1.24 bits per heavy atom. The second-order valence-electron chi connectivity index (χ2n) is 9.32. The van der Waals surface area contributed by atoms with Crippen molar-refractivity contribution in [3.05, 3.63) is 41.2 Å². The van der Waals surface area contributed by atoms with Gasteiger partial charge in [-0.15, -0.1) is 0 Å². The van der Waals surface area contributed by atoms with E-state index in [0.29, 0.717) is 32.5 Å². The molecular formula is C25H33ClF2N4O5. The number of carbonyl (C=O) groups excluding carboxylic acids is 1. The van der Waals surface area contributed by atoms with Crippen LogP contribution in [0.2, 0.25) is 5.02 Å². The molecule has 0 radical (unpaired) electrons. The molecule has 1 aliphatic rings. The molecule has 1 aliphatic heterocycles. The summed E-state index contributed by atoms with van der Waals surface area (Å²) >= 11 is 5.95. The van der Waals surface area contributed by atoms with E-state index >= 15 is 0 Å². The Morgan fingerprint density at radius 2 is 1.95 bits per heavy atom. The number of carboxylic acid groups (broad SMARTS) is 1. The summed E-state index contributed by atoms with van der Waals surface area (Å²) in [5, 5.41) is 17.0. The zero-order chi connectivity index (χ0) is 27.2. The molecule has 0 saturated carbocycles. The molecule has 0 aliphatic carbocycles. The second-order valence-corrected chi connectivity index (χ2v) is 9.76. The molecule has 0 bridgehead atoms. The average Bonchev–Trinajstić information content (AvgIpc) is 3.34. The van der Waals surface area contributed by atoms with Gasteiger partial charge in [0.2, 0.25) is 0 Å². The van der Waals surface area contributed by atoms with Crippen molar-refractivity contribution in [1.29, 1.82) is 0 Å². The molecule has 1 amide bonds. The third kappa shape index (κ3) is 6.97. The number of aliphatic carboxylic acids is 1. The van der Waals surface area contributed by atoms with Gasteiger partial charge in [0.05, 0.1) is 18.2 Å². The van der Waals surface area contributed by atoms with Crippen molar-refractivity contribution >= 4 is 29.2 Å². The largest absolute Gasteiger partial charge is 0.481 e. The summed E-state index contributed by atoms with van der Waals surface area (Å²) in [7, 11) is 0. The van der Waals surface area contributed by atoms with Gasteiger partial charge in [0.1, 0.15) is 5.54 Å². The molecule has 2 aromatic rings. The number of aromatic nitrogens is 2. The van der Waals surface area contributed by atoms with Crippen molar-refractivity contribution in [3.63, 3.8) is 0 Å². The lowest BCUT2D eigenvalue weighted by molar-refractivity contribution is -0.145. The van der Waals surface area contributed by atoms with E-state index in [1.165, 1.54) is 18.2 Å². The lowest BCUT2D eigenvalue weighted by Gasteiger charge is -2.42. The molecule has 3 rings (SSSR count). The smallest absolute Gasteiger partial charge is 0.387 e. The predicted molar refractivity (Wildman–Crippen MR) is 134 cm³/mol. The highest BCUT2D eigenvalue weighted by Crippen LogP contribution is 2.37. The maximum atomic E-state index is 13.9. The standard InChI is InChI=1S/C25H33ClF2N4O5/c1-4-36-15-17(22(33)34)14-31-11-8-25(9-12-31,32-20(16(2)3)7-10-29-32)23(35)30-19-6-5-18(26)13-21(19)37-24(27)28/h5-7,10,13,16-17,24H,4,8-9,11-12,14-15H2,1-3H3,(H,30,35)(H,33,34). The Bertz CT molecular complexity index is 1070. The molecule has 1 aromatic heterocycles. The van der Waals surface area contributed by atoms with Crippen molar-refractivity contribution in [2.75, 3.05) is 38.2 Å². The Morgan fingerprint density at radius 3 is 2.54 bits per heavy atom. The molecule has 204 valence electrons. The van der Waals surface area contributed by atoms with Crippen LogP contribution in [0, 0.1) is 5.92 Å². The molecule has 1 saturated heterocycles. The number of piperidine rings is 1. The summed E-state index contributed by atoms with van der Waals surface area (Å²) in [6.45, 7) is 4.38. The summed E-state index contributed by atoms with van der Waals surface area (Å²) in [6.07, 6.45) is 2.30. The lowest BCUT2D eigenvalue weighted by Crippen LogP contribution is -2.55. The van der Waals surface area contributed by atoms with Crippen LogP contribution in [-0.4, -0.2) is 71.1 Å². The van der Waals surface area contributed by atoms with Gasteiger partial charge in [-0.1, -0.05) is 25.4 Å². The molecule has 1 fully saturated rings. The minimum Gasteiger partial charge on any atom is -0.481 e. The number of amides is 1. The number of nitrogens with one attached hydrogen (secondary N) is 1. The maximum absolute atomic E-state index is 13.9. The van der Waals surface area contributed by atoms with E-state index in [4.69, 9.17) is 16.3 Å². The fraction of sp³-hybridized carbons (Fsp3) is 0.560. The zero-order valence-corrected chi connectivity index (χ0v) is 21.9. The fourth-order valence-electron chi connectivity index (χ4n) is 4.55. The number of hydrogen-bond donors (Lipinski definition) is 2. The van der Waals surface area contributed by atoms with Gasteiger partial charge >= 0.3 is 12.6 Å². The van der Waals surface area contributed by atoms with Crippen LogP contribution in [0.25, 0.3) is 0 Å². The number of alkyl halides is 2. The van der Waals surface area contributed by atoms with E-state index in [0.717, 1.165) is 5.69 Å². The van der Waals surface area contributed by atoms with E-state index in [9.17, 15) is 23.5 Å². The minimum atomic E-state index is -3.09. The number of carboxylic acids is 1. The maximum Gasteiger partial charge on any atom is 0.387 e. The van der Waals surface area contributed by atoms with Crippen LogP contribution in [0.3, 0.4) is 0 Å². The molecule has 37 heavy (non-hydrogen) atoms. The average molecular weight is 543 g/mol. The quantitative estimate of drug-likeness (QED) is 0.409. The predicted octanol–water partition coefficient (Wildman–Crippen LogP) is 4.43. The summed E-state index contributed by atoms with van der Waals surface area (Å²) in [4.78, 5) is 27.6. The number of rotatable bonds is 12. The number of carbonyl (C=O) groups is 2. The van der Waals surface area contributed by atoms with Crippen LogP contribution in [0.5, 0.6) is 5.75 Å². The van der Waals surface area contributed by atoms with Crippen LogP contribution in [0.15, 0.2) is 30.5 Å². The summed E-state index contributed by atoms with van der Waals surface area (Å²) < 4.78 is 37.6.